The molecule has 150 valence electrons. The van der Waals surface area contributed by atoms with Crippen molar-refractivity contribution in [1.29, 1.82) is 0 Å². The summed E-state index contributed by atoms with van der Waals surface area (Å²) in [4.78, 5) is 21.4. The van der Waals surface area contributed by atoms with Gasteiger partial charge in [-0.05, 0) is 63.5 Å². The molecule has 28 heavy (non-hydrogen) atoms. The SMILES string of the molecule is CN(C)CCCN(C(=O)c1ccc(F)cc1Cl)c1nc2ccc(Cl)cc2s1.Cl. The number of hydrogen-bond donors (Lipinski definition) is 0. The first-order valence-electron chi connectivity index (χ1n) is 8.33. The van der Waals surface area contributed by atoms with E-state index in [1.165, 1.54) is 23.5 Å². The average molecular weight is 463 g/mol. The molecule has 1 heterocycles. The van der Waals surface area contributed by atoms with E-state index in [0.717, 1.165) is 29.2 Å². The van der Waals surface area contributed by atoms with E-state index in [2.05, 4.69) is 4.98 Å². The number of halogens is 4. The number of amides is 1. The molecule has 0 saturated heterocycles. The minimum atomic E-state index is -0.481. The molecule has 0 bridgehead atoms. The number of carbonyl (C=O) groups is 1. The Labute approximate surface area is 183 Å². The second-order valence-electron chi connectivity index (χ2n) is 6.35. The highest BCUT2D eigenvalue weighted by atomic mass is 35.5. The van der Waals surface area contributed by atoms with E-state index in [4.69, 9.17) is 23.2 Å². The van der Waals surface area contributed by atoms with Crippen molar-refractivity contribution in [3.05, 3.63) is 57.8 Å². The smallest absolute Gasteiger partial charge is 0.261 e. The van der Waals surface area contributed by atoms with Crippen molar-refractivity contribution < 1.29 is 9.18 Å². The van der Waals surface area contributed by atoms with Gasteiger partial charge in [-0.25, -0.2) is 9.37 Å². The van der Waals surface area contributed by atoms with Gasteiger partial charge >= 0.3 is 0 Å². The van der Waals surface area contributed by atoms with Gasteiger partial charge in [-0.3, -0.25) is 9.69 Å². The first-order chi connectivity index (χ1) is 12.8. The van der Waals surface area contributed by atoms with Crippen LogP contribution in [-0.4, -0.2) is 43.0 Å². The quantitative estimate of drug-likeness (QED) is 0.467. The fourth-order valence-corrected chi connectivity index (χ4v) is 4.15. The van der Waals surface area contributed by atoms with E-state index in [1.807, 2.05) is 31.1 Å². The molecule has 0 aliphatic rings. The molecule has 3 aromatic rings. The Morgan fingerprint density at radius 3 is 2.57 bits per heavy atom. The Morgan fingerprint density at radius 1 is 1.14 bits per heavy atom. The summed E-state index contributed by atoms with van der Waals surface area (Å²) in [5.41, 5.74) is 1.02. The van der Waals surface area contributed by atoms with Gasteiger partial charge in [0, 0.05) is 11.6 Å². The van der Waals surface area contributed by atoms with Crippen LogP contribution in [0.4, 0.5) is 9.52 Å². The van der Waals surface area contributed by atoms with Crippen molar-refractivity contribution in [3.63, 3.8) is 0 Å². The molecular formula is C19H19Cl3FN3OS. The van der Waals surface area contributed by atoms with Gasteiger partial charge in [0.05, 0.1) is 20.8 Å². The van der Waals surface area contributed by atoms with Crippen molar-refractivity contribution in [3.8, 4) is 0 Å². The zero-order valence-corrected chi connectivity index (χ0v) is 18.4. The third kappa shape index (κ3) is 5.33. The number of rotatable bonds is 6. The minimum Gasteiger partial charge on any atom is -0.309 e. The molecule has 0 atom stereocenters. The minimum absolute atomic E-state index is 0. The average Bonchev–Trinajstić information content (AvgIpc) is 3.00. The van der Waals surface area contributed by atoms with Crippen LogP contribution >= 0.6 is 46.9 Å². The van der Waals surface area contributed by atoms with Crippen LogP contribution in [0.1, 0.15) is 16.8 Å². The predicted molar refractivity (Wildman–Crippen MR) is 118 cm³/mol. The first kappa shape index (κ1) is 22.8. The molecule has 0 saturated carbocycles. The van der Waals surface area contributed by atoms with Crippen molar-refractivity contribution in [1.82, 2.24) is 9.88 Å². The summed E-state index contributed by atoms with van der Waals surface area (Å²) in [6.45, 7) is 1.29. The third-order valence-corrected chi connectivity index (χ3v) is 5.55. The molecule has 4 nitrogen and oxygen atoms in total. The molecule has 3 rings (SSSR count). The number of fused-ring (bicyclic) bond motifs is 1. The topological polar surface area (TPSA) is 36.4 Å². The Balaban J connectivity index is 0.00000280. The molecule has 0 fully saturated rings. The van der Waals surface area contributed by atoms with Crippen LogP contribution < -0.4 is 4.90 Å². The molecule has 0 radical (unpaired) electrons. The molecule has 0 N–H and O–H groups in total. The van der Waals surface area contributed by atoms with Crippen LogP contribution in [-0.2, 0) is 0 Å². The number of anilines is 1. The molecule has 1 amide bonds. The second kappa shape index (κ2) is 9.85. The number of hydrogen-bond acceptors (Lipinski definition) is 4. The number of thiazole rings is 1. The summed E-state index contributed by atoms with van der Waals surface area (Å²) < 4.78 is 14.3. The van der Waals surface area contributed by atoms with E-state index in [0.29, 0.717) is 16.7 Å². The zero-order valence-electron chi connectivity index (χ0n) is 15.3. The molecule has 1 aromatic heterocycles. The summed E-state index contributed by atoms with van der Waals surface area (Å²) in [6, 6.07) is 9.20. The molecule has 0 unspecified atom stereocenters. The highest BCUT2D eigenvalue weighted by molar-refractivity contribution is 7.22. The highest BCUT2D eigenvalue weighted by Gasteiger charge is 2.23. The molecule has 2 aromatic carbocycles. The number of carbonyl (C=O) groups excluding carboxylic acids is 1. The third-order valence-electron chi connectivity index (χ3n) is 3.96. The van der Waals surface area contributed by atoms with E-state index < -0.39 is 5.82 Å². The Morgan fingerprint density at radius 2 is 1.89 bits per heavy atom. The Bertz CT molecular complexity index is 980. The van der Waals surface area contributed by atoms with Gasteiger partial charge in [0.25, 0.3) is 5.91 Å². The van der Waals surface area contributed by atoms with Gasteiger partial charge in [-0.2, -0.15) is 0 Å². The maximum Gasteiger partial charge on any atom is 0.261 e. The molecule has 0 aliphatic heterocycles. The van der Waals surface area contributed by atoms with E-state index in [9.17, 15) is 9.18 Å². The van der Waals surface area contributed by atoms with Gasteiger partial charge < -0.3 is 4.90 Å². The molecular weight excluding hydrogens is 444 g/mol. The van der Waals surface area contributed by atoms with Gasteiger partial charge in [0.1, 0.15) is 5.82 Å². The Hall–Kier alpha value is -1.44. The van der Waals surface area contributed by atoms with Gasteiger partial charge in [-0.15, -0.1) is 12.4 Å². The van der Waals surface area contributed by atoms with Crippen LogP contribution in [0, 0.1) is 5.82 Å². The van der Waals surface area contributed by atoms with E-state index >= 15 is 0 Å². The maximum absolute atomic E-state index is 13.4. The Kier molecular flexibility index (Phi) is 8.04. The van der Waals surface area contributed by atoms with Crippen molar-refractivity contribution >= 4 is 68.2 Å². The number of benzene rings is 2. The number of aromatic nitrogens is 1. The van der Waals surface area contributed by atoms with Gasteiger partial charge in [0.15, 0.2) is 5.13 Å². The highest BCUT2D eigenvalue weighted by Crippen LogP contribution is 2.32. The summed E-state index contributed by atoms with van der Waals surface area (Å²) in [6.07, 6.45) is 0.758. The van der Waals surface area contributed by atoms with E-state index in [-0.39, 0.29) is 28.9 Å². The monoisotopic (exact) mass is 461 g/mol. The fraction of sp³-hybridized carbons (Fsp3) is 0.263. The normalized spacial score (nSPS) is 10.9. The summed E-state index contributed by atoms with van der Waals surface area (Å²) in [5.74, 6) is -0.783. The van der Waals surface area contributed by atoms with Crippen LogP contribution in [0.25, 0.3) is 10.2 Å². The van der Waals surface area contributed by atoms with Crippen LogP contribution in [0.2, 0.25) is 10.0 Å². The lowest BCUT2D eigenvalue weighted by molar-refractivity contribution is 0.0986. The summed E-state index contributed by atoms with van der Waals surface area (Å²) in [5, 5.41) is 1.27. The van der Waals surface area contributed by atoms with Crippen LogP contribution in [0.3, 0.4) is 0 Å². The van der Waals surface area contributed by atoms with Crippen molar-refractivity contribution in [2.75, 3.05) is 32.1 Å². The second-order valence-corrected chi connectivity index (χ2v) is 8.20. The standard InChI is InChI=1S/C19H18Cl2FN3OS.ClH/c1-24(2)8-3-9-25(18(26)14-6-5-13(22)11-15(14)21)19-23-16-7-4-12(20)10-17(16)27-19;/h4-7,10-11H,3,8-9H2,1-2H3;1H. The fourth-order valence-electron chi connectivity index (χ4n) is 2.64. The van der Waals surface area contributed by atoms with Crippen LogP contribution in [0.5, 0.6) is 0 Å². The largest absolute Gasteiger partial charge is 0.309 e. The van der Waals surface area contributed by atoms with E-state index in [1.54, 1.807) is 11.0 Å². The summed E-state index contributed by atoms with van der Waals surface area (Å²) >= 11 is 13.6. The lowest BCUT2D eigenvalue weighted by Gasteiger charge is -2.21. The summed E-state index contributed by atoms with van der Waals surface area (Å²) in [7, 11) is 3.95. The molecule has 9 heteroatoms. The predicted octanol–water partition coefficient (Wildman–Crippen LogP) is 5.76. The number of nitrogens with zero attached hydrogens (tertiary/aromatic N) is 3. The molecule has 0 spiro atoms. The van der Waals surface area contributed by atoms with Crippen LogP contribution in [0.15, 0.2) is 36.4 Å². The maximum atomic E-state index is 13.4. The molecule has 0 aliphatic carbocycles. The zero-order chi connectivity index (χ0) is 19.6. The lowest BCUT2D eigenvalue weighted by Crippen LogP contribution is -2.33. The van der Waals surface area contributed by atoms with Crippen molar-refractivity contribution in [2.24, 2.45) is 0 Å². The van der Waals surface area contributed by atoms with Crippen molar-refractivity contribution in [2.45, 2.75) is 6.42 Å². The first-order valence-corrected chi connectivity index (χ1v) is 9.90. The van der Waals surface area contributed by atoms with Gasteiger partial charge in [-0.1, -0.05) is 34.5 Å². The lowest BCUT2D eigenvalue weighted by atomic mass is 10.2. The van der Waals surface area contributed by atoms with Gasteiger partial charge in [0.2, 0.25) is 0 Å².